The van der Waals surface area contributed by atoms with Gasteiger partial charge in [-0.15, -0.1) is 0 Å². The zero-order valence-electron chi connectivity index (χ0n) is 15.2. The molecule has 0 saturated heterocycles. The molecule has 0 amide bonds. The third kappa shape index (κ3) is 1.28. The van der Waals surface area contributed by atoms with Crippen LogP contribution in [-0.2, 0) is 0 Å². The van der Waals surface area contributed by atoms with Gasteiger partial charge in [0.2, 0.25) is 0 Å². The van der Waals surface area contributed by atoms with Crippen LogP contribution < -0.4 is 0 Å². The predicted molar refractivity (Wildman–Crippen MR) is 92.6 cm³/mol. The fourth-order valence-corrected chi connectivity index (χ4v) is 9.86. The van der Waals surface area contributed by atoms with Gasteiger partial charge in [0.25, 0.3) is 0 Å². The van der Waals surface area contributed by atoms with Gasteiger partial charge in [-0.2, -0.15) is 0 Å². The van der Waals surface area contributed by atoms with E-state index in [9.17, 15) is 0 Å². The Morgan fingerprint density at radius 2 is 1.68 bits per heavy atom. The van der Waals surface area contributed by atoms with E-state index in [1.807, 2.05) is 0 Å². The van der Waals surface area contributed by atoms with Crippen molar-refractivity contribution >= 4 is 0 Å². The highest BCUT2D eigenvalue weighted by molar-refractivity contribution is 5.34. The molecule has 2 spiro atoms. The van der Waals surface area contributed by atoms with E-state index in [1.54, 1.807) is 57.8 Å². The normalized spacial score (nSPS) is 62.0. The quantitative estimate of drug-likeness (QED) is 0.550. The highest BCUT2D eigenvalue weighted by Gasteiger charge is 2.86. The summed E-state index contributed by atoms with van der Waals surface area (Å²) in [6.07, 6.45) is 17.2. The van der Waals surface area contributed by atoms with E-state index >= 15 is 0 Å². The molecule has 5 fully saturated rings. The summed E-state index contributed by atoms with van der Waals surface area (Å²) in [5, 5.41) is 0. The van der Waals surface area contributed by atoms with E-state index in [0.717, 1.165) is 39.9 Å². The Kier molecular flexibility index (Phi) is 2.83. The standard InChI is InChI=1S/C22H36/c1-4-15-14-22-18-10-9-16(5-2)20(18,3)13-11-19(22)21(22)12-7-6-8-17(15)21/h15-19H,4-14H2,1-3H3. The van der Waals surface area contributed by atoms with Crippen molar-refractivity contribution in [3.63, 3.8) is 0 Å². The summed E-state index contributed by atoms with van der Waals surface area (Å²) in [6, 6.07) is 0. The molecule has 5 saturated carbocycles. The molecule has 0 heterocycles. The molecule has 0 bridgehead atoms. The van der Waals surface area contributed by atoms with Crippen molar-refractivity contribution in [2.24, 2.45) is 45.8 Å². The Morgan fingerprint density at radius 3 is 2.45 bits per heavy atom. The molecule has 0 nitrogen and oxygen atoms in total. The maximum absolute atomic E-state index is 2.73. The summed E-state index contributed by atoms with van der Waals surface area (Å²) >= 11 is 0. The fraction of sp³-hybridized carbons (Fsp3) is 1.00. The summed E-state index contributed by atoms with van der Waals surface area (Å²) in [5.74, 6) is 5.56. The summed E-state index contributed by atoms with van der Waals surface area (Å²) in [7, 11) is 0. The van der Waals surface area contributed by atoms with Gasteiger partial charge in [0.05, 0.1) is 0 Å². The van der Waals surface area contributed by atoms with E-state index in [4.69, 9.17) is 0 Å². The second-order valence-electron chi connectivity index (χ2n) is 10.1. The van der Waals surface area contributed by atoms with Crippen LogP contribution >= 0.6 is 0 Å². The number of hydrogen-bond donors (Lipinski definition) is 0. The van der Waals surface area contributed by atoms with E-state index in [2.05, 4.69) is 20.8 Å². The van der Waals surface area contributed by atoms with Crippen LogP contribution in [0.25, 0.3) is 0 Å². The summed E-state index contributed by atoms with van der Waals surface area (Å²) in [5.41, 5.74) is 2.42. The monoisotopic (exact) mass is 300 g/mol. The van der Waals surface area contributed by atoms with Crippen LogP contribution in [0.5, 0.6) is 0 Å². The number of hydrogen-bond acceptors (Lipinski definition) is 0. The first-order valence-electron chi connectivity index (χ1n) is 10.6. The Bertz CT molecular complexity index is 480. The third-order valence-corrected chi connectivity index (χ3v) is 10.4. The van der Waals surface area contributed by atoms with Crippen LogP contribution in [0.3, 0.4) is 0 Å². The lowest BCUT2D eigenvalue weighted by molar-refractivity contribution is 0.0295. The molecule has 0 heteroatoms. The van der Waals surface area contributed by atoms with Gasteiger partial charge in [-0.3, -0.25) is 0 Å². The van der Waals surface area contributed by atoms with Gasteiger partial charge in [0.15, 0.2) is 0 Å². The maximum atomic E-state index is 2.73. The van der Waals surface area contributed by atoms with Gasteiger partial charge in [-0.1, -0.05) is 46.5 Å². The molecule has 0 aromatic carbocycles. The van der Waals surface area contributed by atoms with E-state index in [1.165, 1.54) is 18.8 Å². The summed E-state index contributed by atoms with van der Waals surface area (Å²) in [6.45, 7) is 7.69. The molecule has 0 N–H and O–H groups in total. The Morgan fingerprint density at radius 1 is 0.818 bits per heavy atom. The highest BCUT2D eigenvalue weighted by atomic mass is 14.9. The van der Waals surface area contributed by atoms with Crippen molar-refractivity contribution in [2.75, 3.05) is 0 Å². The molecule has 0 aromatic heterocycles. The van der Waals surface area contributed by atoms with Crippen molar-refractivity contribution < 1.29 is 0 Å². The number of rotatable bonds is 2. The zero-order chi connectivity index (χ0) is 15.2. The lowest BCUT2D eigenvalue weighted by atomic mass is 9.59. The van der Waals surface area contributed by atoms with E-state index in [0.29, 0.717) is 0 Å². The molecular formula is C22H36. The fourth-order valence-electron chi connectivity index (χ4n) is 9.86. The first kappa shape index (κ1) is 14.4. The maximum Gasteiger partial charge on any atom is -0.0165 e. The van der Waals surface area contributed by atoms with Crippen LogP contribution in [-0.4, -0.2) is 0 Å². The lowest BCUT2D eigenvalue weighted by Crippen LogP contribution is -2.39. The highest BCUT2D eigenvalue weighted by Crippen LogP contribution is 2.92. The Labute approximate surface area is 137 Å². The Hall–Kier alpha value is 0. The largest absolute Gasteiger partial charge is 0.0651 e. The van der Waals surface area contributed by atoms with Gasteiger partial charge < -0.3 is 0 Å². The first-order chi connectivity index (χ1) is 10.6. The van der Waals surface area contributed by atoms with Crippen molar-refractivity contribution in [2.45, 2.75) is 91.4 Å². The molecule has 0 radical (unpaired) electrons. The van der Waals surface area contributed by atoms with E-state index in [-0.39, 0.29) is 0 Å². The topological polar surface area (TPSA) is 0 Å². The molecule has 8 unspecified atom stereocenters. The molecule has 0 aliphatic heterocycles. The molecule has 5 aliphatic rings. The minimum absolute atomic E-state index is 0.722. The summed E-state index contributed by atoms with van der Waals surface area (Å²) in [4.78, 5) is 0. The summed E-state index contributed by atoms with van der Waals surface area (Å²) < 4.78 is 0. The van der Waals surface area contributed by atoms with Gasteiger partial charge in [0, 0.05) is 0 Å². The van der Waals surface area contributed by atoms with Gasteiger partial charge in [-0.25, -0.2) is 0 Å². The van der Waals surface area contributed by atoms with Crippen molar-refractivity contribution in [3.8, 4) is 0 Å². The second-order valence-corrected chi connectivity index (χ2v) is 10.1. The molecule has 0 aromatic rings. The second kappa shape index (κ2) is 4.34. The smallest absolute Gasteiger partial charge is 0.0165 e. The lowest BCUT2D eigenvalue weighted by Gasteiger charge is -2.45. The SMILES string of the molecule is CCC1CC23C4CCC(CC)C4(C)CCC2C32CCCCC12. The van der Waals surface area contributed by atoms with Gasteiger partial charge in [0.1, 0.15) is 0 Å². The first-order valence-corrected chi connectivity index (χ1v) is 10.6. The van der Waals surface area contributed by atoms with Gasteiger partial charge in [-0.05, 0) is 90.8 Å². The van der Waals surface area contributed by atoms with Crippen molar-refractivity contribution in [1.82, 2.24) is 0 Å². The number of fused-ring (bicyclic) bond motifs is 1. The van der Waals surface area contributed by atoms with Crippen molar-refractivity contribution in [3.05, 3.63) is 0 Å². The average molecular weight is 301 g/mol. The minimum atomic E-state index is 0.722. The van der Waals surface area contributed by atoms with Crippen LogP contribution in [0, 0.1) is 45.8 Å². The van der Waals surface area contributed by atoms with Gasteiger partial charge >= 0.3 is 0 Å². The Balaban J connectivity index is 1.58. The molecule has 22 heavy (non-hydrogen) atoms. The minimum Gasteiger partial charge on any atom is -0.0651 e. The van der Waals surface area contributed by atoms with Crippen LogP contribution in [0.4, 0.5) is 0 Å². The van der Waals surface area contributed by atoms with Crippen LogP contribution in [0.15, 0.2) is 0 Å². The zero-order valence-corrected chi connectivity index (χ0v) is 15.2. The molecular weight excluding hydrogens is 264 g/mol. The molecule has 5 aliphatic carbocycles. The van der Waals surface area contributed by atoms with Crippen LogP contribution in [0.1, 0.15) is 91.4 Å². The average Bonchev–Trinajstić information content (AvgIpc) is 2.83. The van der Waals surface area contributed by atoms with Crippen molar-refractivity contribution in [1.29, 1.82) is 0 Å². The molecule has 8 atom stereocenters. The molecule has 5 rings (SSSR count). The predicted octanol–water partition coefficient (Wildman–Crippen LogP) is 6.45. The third-order valence-electron chi connectivity index (χ3n) is 10.4. The molecule has 124 valence electrons. The van der Waals surface area contributed by atoms with Crippen LogP contribution in [0.2, 0.25) is 0 Å². The van der Waals surface area contributed by atoms with E-state index < -0.39 is 0 Å².